The van der Waals surface area contributed by atoms with Gasteiger partial charge in [0.2, 0.25) is 0 Å². The lowest BCUT2D eigenvalue weighted by Gasteiger charge is -2.33. The van der Waals surface area contributed by atoms with Gasteiger partial charge in [0.15, 0.2) is 0 Å². The Bertz CT molecular complexity index is 532. The first-order valence-electron chi connectivity index (χ1n) is 7.86. The van der Waals surface area contributed by atoms with Gasteiger partial charge in [0.25, 0.3) is 0 Å². The molecule has 3 rings (SSSR count). The van der Waals surface area contributed by atoms with Gasteiger partial charge in [-0.3, -0.25) is 9.69 Å². The lowest BCUT2D eigenvalue weighted by Crippen LogP contribution is -2.40. The second-order valence-corrected chi connectivity index (χ2v) is 7.08. The summed E-state index contributed by atoms with van der Waals surface area (Å²) in [6.45, 7) is 1.85. The van der Waals surface area contributed by atoms with Crippen molar-refractivity contribution in [2.45, 2.75) is 51.1 Å². The molecule has 1 aliphatic carbocycles. The monoisotopic (exact) mass is 325 g/mol. The Balaban J connectivity index is 1.74. The molecule has 0 aromatic heterocycles. The SMILES string of the molecule is O=C1CCCCC1C1CCCN1Cc1cc(Cl)ccc1Cl. The van der Waals surface area contributed by atoms with E-state index in [4.69, 9.17) is 23.2 Å². The molecule has 2 unspecified atom stereocenters. The van der Waals surface area contributed by atoms with Crippen LogP contribution in [0.25, 0.3) is 0 Å². The molecule has 2 aliphatic rings. The van der Waals surface area contributed by atoms with Crippen molar-refractivity contribution in [3.8, 4) is 0 Å². The van der Waals surface area contributed by atoms with Gasteiger partial charge in [-0.1, -0.05) is 29.6 Å². The summed E-state index contributed by atoms with van der Waals surface area (Å²) < 4.78 is 0. The van der Waals surface area contributed by atoms with Crippen LogP contribution < -0.4 is 0 Å². The maximum atomic E-state index is 12.2. The molecule has 114 valence electrons. The molecular formula is C17H21Cl2NO. The molecule has 4 heteroatoms. The minimum atomic E-state index is 0.235. The predicted molar refractivity (Wildman–Crippen MR) is 86.9 cm³/mol. The van der Waals surface area contributed by atoms with E-state index in [0.29, 0.717) is 11.8 Å². The van der Waals surface area contributed by atoms with Crippen LogP contribution in [0.2, 0.25) is 10.0 Å². The number of likely N-dealkylation sites (tertiary alicyclic amines) is 1. The fourth-order valence-electron chi connectivity index (χ4n) is 3.80. The van der Waals surface area contributed by atoms with E-state index in [-0.39, 0.29) is 5.92 Å². The number of hydrogen-bond donors (Lipinski definition) is 0. The Labute approximate surface area is 136 Å². The Morgan fingerprint density at radius 3 is 2.81 bits per heavy atom. The number of Topliss-reactive ketones (excluding diaryl/α,β-unsaturated/α-hetero) is 1. The molecule has 1 aromatic rings. The molecule has 1 heterocycles. The molecule has 2 atom stereocenters. The van der Waals surface area contributed by atoms with E-state index < -0.39 is 0 Å². The third-order valence-corrected chi connectivity index (χ3v) is 5.47. The van der Waals surface area contributed by atoms with Crippen LogP contribution in [0.1, 0.15) is 44.1 Å². The first-order chi connectivity index (χ1) is 10.1. The zero-order valence-electron chi connectivity index (χ0n) is 12.2. The van der Waals surface area contributed by atoms with Crippen LogP contribution >= 0.6 is 23.2 Å². The van der Waals surface area contributed by atoms with Gasteiger partial charge < -0.3 is 0 Å². The summed E-state index contributed by atoms with van der Waals surface area (Å²) in [4.78, 5) is 14.7. The minimum absolute atomic E-state index is 0.235. The Kier molecular flexibility index (Phi) is 4.88. The molecular weight excluding hydrogens is 305 g/mol. The Morgan fingerprint density at radius 2 is 2.00 bits per heavy atom. The minimum Gasteiger partial charge on any atom is -0.299 e. The van der Waals surface area contributed by atoms with Crippen molar-refractivity contribution in [1.29, 1.82) is 0 Å². The van der Waals surface area contributed by atoms with Crippen molar-refractivity contribution < 1.29 is 4.79 Å². The predicted octanol–water partition coefficient (Wildman–Crippen LogP) is 4.72. The summed E-state index contributed by atoms with van der Waals surface area (Å²) in [5.74, 6) is 0.703. The molecule has 0 spiro atoms. The summed E-state index contributed by atoms with van der Waals surface area (Å²) in [5.41, 5.74) is 1.07. The topological polar surface area (TPSA) is 20.3 Å². The number of nitrogens with zero attached hydrogens (tertiary/aromatic N) is 1. The zero-order chi connectivity index (χ0) is 14.8. The second-order valence-electron chi connectivity index (χ2n) is 6.23. The van der Waals surface area contributed by atoms with Crippen LogP contribution in [0.5, 0.6) is 0 Å². The summed E-state index contributed by atoms with van der Waals surface area (Å²) in [5, 5.41) is 1.49. The number of rotatable bonds is 3. The average molecular weight is 326 g/mol. The first kappa shape index (κ1) is 15.3. The highest BCUT2D eigenvalue weighted by Gasteiger charge is 2.36. The third kappa shape index (κ3) is 3.44. The number of halogens is 2. The molecule has 2 fully saturated rings. The van der Waals surface area contributed by atoms with Crippen molar-refractivity contribution in [2.75, 3.05) is 6.54 Å². The van der Waals surface area contributed by atoms with Crippen LogP contribution in [-0.4, -0.2) is 23.3 Å². The third-order valence-electron chi connectivity index (χ3n) is 4.86. The number of carbonyl (C=O) groups is 1. The average Bonchev–Trinajstić information content (AvgIpc) is 2.91. The van der Waals surface area contributed by atoms with E-state index in [9.17, 15) is 4.79 Å². The number of benzene rings is 1. The highest BCUT2D eigenvalue weighted by molar-refractivity contribution is 6.33. The Hall–Kier alpha value is -0.570. The molecule has 2 nitrogen and oxygen atoms in total. The van der Waals surface area contributed by atoms with Gasteiger partial charge >= 0.3 is 0 Å². The van der Waals surface area contributed by atoms with Crippen molar-refractivity contribution in [2.24, 2.45) is 5.92 Å². The van der Waals surface area contributed by atoms with Gasteiger partial charge in [-0.2, -0.15) is 0 Å². The van der Waals surface area contributed by atoms with E-state index in [1.807, 2.05) is 18.2 Å². The first-order valence-corrected chi connectivity index (χ1v) is 8.61. The molecule has 1 saturated carbocycles. The largest absolute Gasteiger partial charge is 0.299 e. The van der Waals surface area contributed by atoms with E-state index in [1.165, 1.54) is 12.8 Å². The fourth-order valence-corrected chi connectivity index (χ4v) is 4.18. The molecule has 1 saturated heterocycles. The molecule has 0 N–H and O–H groups in total. The van der Waals surface area contributed by atoms with Crippen LogP contribution in [0.4, 0.5) is 0 Å². The molecule has 0 radical (unpaired) electrons. The fraction of sp³-hybridized carbons (Fsp3) is 0.588. The van der Waals surface area contributed by atoms with Crippen LogP contribution in [0.3, 0.4) is 0 Å². The van der Waals surface area contributed by atoms with Gasteiger partial charge in [-0.15, -0.1) is 0 Å². The molecule has 1 aromatic carbocycles. The summed E-state index contributed by atoms with van der Waals surface area (Å²) in [7, 11) is 0. The highest BCUT2D eigenvalue weighted by Crippen LogP contribution is 2.34. The molecule has 0 amide bonds. The second kappa shape index (κ2) is 6.68. The Morgan fingerprint density at radius 1 is 1.14 bits per heavy atom. The van der Waals surface area contributed by atoms with Crippen molar-refractivity contribution >= 4 is 29.0 Å². The van der Waals surface area contributed by atoms with E-state index in [2.05, 4.69) is 4.90 Å². The molecule has 21 heavy (non-hydrogen) atoms. The van der Waals surface area contributed by atoms with Gasteiger partial charge in [-0.25, -0.2) is 0 Å². The van der Waals surface area contributed by atoms with Crippen molar-refractivity contribution in [1.82, 2.24) is 4.90 Å². The smallest absolute Gasteiger partial charge is 0.137 e. The van der Waals surface area contributed by atoms with E-state index in [0.717, 1.165) is 54.4 Å². The normalized spacial score (nSPS) is 27.2. The lowest BCUT2D eigenvalue weighted by molar-refractivity contribution is -0.126. The van der Waals surface area contributed by atoms with Gasteiger partial charge in [-0.05, 0) is 56.0 Å². The molecule has 1 aliphatic heterocycles. The van der Waals surface area contributed by atoms with Crippen molar-refractivity contribution in [3.05, 3.63) is 33.8 Å². The lowest BCUT2D eigenvalue weighted by atomic mass is 9.82. The van der Waals surface area contributed by atoms with Crippen molar-refractivity contribution in [3.63, 3.8) is 0 Å². The number of ketones is 1. The standard InChI is InChI=1S/C17H21Cl2NO/c18-13-7-8-15(19)12(10-13)11-20-9-3-5-16(20)14-4-1-2-6-17(14)21/h7-8,10,14,16H,1-6,9,11H2. The van der Waals surface area contributed by atoms with E-state index in [1.54, 1.807) is 0 Å². The maximum absolute atomic E-state index is 12.2. The van der Waals surface area contributed by atoms with Gasteiger partial charge in [0.1, 0.15) is 5.78 Å². The van der Waals surface area contributed by atoms with E-state index >= 15 is 0 Å². The highest BCUT2D eigenvalue weighted by atomic mass is 35.5. The maximum Gasteiger partial charge on any atom is 0.137 e. The quantitative estimate of drug-likeness (QED) is 0.801. The van der Waals surface area contributed by atoms with Crippen LogP contribution in [0, 0.1) is 5.92 Å². The van der Waals surface area contributed by atoms with Gasteiger partial charge in [0, 0.05) is 35.0 Å². The summed E-state index contributed by atoms with van der Waals surface area (Å²) in [6, 6.07) is 6.02. The summed E-state index contributed by atoms with van der Waals surface area (Å²) in [6.07, 6.45) is 6.40. The number of carbonyl (C=O) groups excluding carboxylic acids is 1. The zero-order valence-corrected chi connectivity index (χ0v) is 13.7. The van der Waals surface area contributed by atoms with Crippen LogP contribution in [-0.2, 0) is 11.3 Å². The molecule has 0 bridgehead atoms. The summed E-state index contributed by atoms with van der Waals surface area (Å²) >= 11 is 12.4. The number of hydrogen-bond acceptors (Lipinski definition) is 2. The van der Waals surface area contributed by atoms with Gasteiger partial charge in [0.05, 0.1) is 0 Å². The van der Waals surface area contributed by atoms with Crippen LogP contribution in [0.15, 0.2) is 18.2 Å².